The Morgan fingerprint density at radius 3 is 2.62 bits per heavy atom. The van der Waals surface area contributed by atoms with Crippen LogP contribution in [0, 0.1) is 19.3 Å². The zero-order valence-corrected chi connectivity index (χ0v) is 8.94. The second kappa shape index (κ2) is 2.57. The summed E-state index contributed by atoms with van der Waals surface area (Å²) >= 11 is 0. The zero-order valence-electron chi connectivity index (χ0n) is 8.94. The van der Waals surface area contributed by atoms with E-state index in [1.54, 1.807) is 0 Å². The fraction of sp³-hybridized carbons (Fsp3) is 0.583. The van der Waals surface area contributed by atoms with E-state index in [2.05, 4.69) is 32.7 Å². The Bertz CT molecular complexity index is 350. The summed E-state index contributed by atoms with van der Waals surface area (Å²) in [5.74, 6) is 0. The number of hydrogen-bond donors (Lipinski definition) is 0. The van der Waals surface area contributed by atoms with Crippen molar-refractivity contribution in [2.75, 3.05) is 0 Å². The summed E-state index contributed by atoms with van der Waals surface area (Å²) in [6.45, 7) is 9.01. The maximum absolute atomic E-state index is 4.52. The van der Waals surface area contributed by atoms with Crippen LogP contribution in [0.3, 0.4) is 0 Å². The first kappa shape index (κ1) is 8.74. The summed E-state index contributed by atoms with van der Waals surface area (Å²) in [6.07, 6.45) is 4.35. The second-order valence-electron chi connectivity index (χ2n) is 5.01. The maximum Gasteiger partial charge on any atom is 0.0444 e. The maximum atomic E-state index is 4.52. The monoisotopic (exact) mass is 175 g/mol. The molecule has 13 heavy (non-hydrogen) atoms. The molecule has 1 heteroatoms. The molecular weight excluding hydrogens is 158 g/mol. The lowest BCUT2D eigenvalue weighted by Gasteiger charge is -2.14. The number of nitrogens with zero attached hydrogens (tertiary/aromatic N) is 1. The van der Waals surface area contributed by atoms with Crippen molar-refractivity contribution in [1.82, 2.24) is 4.98 Å². The van der Waals surface area contributed by atoms with Gasteiger partial charge in [0.15, 0.2) is 0 Å². The summed E-state index contributed by atoms with van der Waals surface area (Å²) in [5.41, 5.74) is 6.04. The molecule has 1 aromatic heterocycles. The van der Waals surface area contributed by atoms with Crippen LogP contribution in [0.1, 0.15) is 36.2 Å². The van der Waals surface area contributed by atoms with Gasteiger partial charge in [-0.05, 0) is 48.8 Å². The van der Waals surface area contributed by atoms with Gasteiger partial charge in [0.05, 0.1) is 0 Å². The van der Waals surface area contributed by atoms with Gasteiger partial charge < -0.3 is 0 Å². The zero-order chi connectivity index (χ0) is 9.64. The van der Waals surface area contributed by atoms with Crippen molar-refractivity contribution in [3.63, 3.8) is 0 Å². The second-order valence-corrected chi connectivity index (χ2v) is 5.01. The number of aromatic nitrogens is 1. The van der Waals surface area contributed by atoms with E-state index >= 15 is 0 Å². The van der Waals surface area contributed by atoms with E-state index in [1.165, 1.54) is 28.8 Å². The predicted octanol–water partition coefficient (Wildman–Crippen LogP) is 2.82. The van der Waals surface area contributed by atoms with E-state index in [0.717, 1.165) is 6.42 Å². The first-order valence-corrected chi connectivity index (χ1v) is 4.93. The SMILES string of the molecule is Cc1cnc2c(c1C)CC(C)(C)C2. The van der Waals surface area contributed by atoms with Crippen LogP contribution < -0.4 is 0 Å². The van der Waals surface area contributed by atoms with E-state index in [1.807, 2.05) is 6.20 Å². The highest BCUT2D eigenvalue weighted by Crippen LogP contribution is 2.37. The molecule has 1 aliphatic rings. The van der Waals surface area contributed by atoms with Gasteiger partial charge in [0, 0.05) is 11.9 Å². The summed E-state index contributed by atoms with van der Waals surface area (Å²) in [4.78, 5) is 4.52. The van der Waals surface area contributed by atoms with Crippen LogP contribution in [0.5, 0.6) is 0 Å². The average Bonchev–Trinajstić information content (AvgIpc) is 2.34. The van der Waals surface area contributed by atoms with Crippen LogP contribution in [-0.4, -0.2) is 4.98 Å². The Kier molecular flexibility index (Phi) is 1.73. The highest BCUT2D eigenvalue weighted by atomic mass is 14.7. The van der Waals surface area contributed by atoms with Gasteiger partial charge in [-0.3, -0.25) is 4.98 Å². The van der Waals surface area contributed by atoms with Crippen molar-refractivity contribution in [3.8, 4) is 0 Å². The van der Waals surface area contributed by atoms with Gasteiger partial charge >= 0.3 is 0 Å². The topological polar surface area (TPSA) is 12.9 Å². The van der Waals surface area contributed by atoms with Gasteiger partial charge in [-0.1, -0.05) is 13.8 Å². The quantitative estimate of drug-likeness (QED) is 0.591. The molecule has 0 N–H and O–H groups in total. The smallest absolute Gasteiger partial charge is 0.0444 e. The van der Waals surface area contributed by atoms with Gasteiger partial charge in [-0.15, -0.1) is 0 Å². The molecule has 2 rings (SSSR count). The van der Waals surface area contributed by atoms with E-state index in [0.29, 0.717) is 5.41 Å². The number of aryl methyl sites for hydroxylation is 1. The van der Waals surface area contributed by atoms with E-state index in [4.69, 9.17) is 0 Å². The molecule has 0 amide bonds. The van der Waals surface area contributed by atoms with Crippen molar-refractivity contribution in [1.29, 1.82) is 0 Å². The Balaban J connectivity index is 2.53. The molecule has 0 fully saturated rings. The third-order valence-corrected chi connectivity index (χ3v) is 3.11. The summed E-state index contributed by atoms with van der Waals surface area (Å²) in [5, 5.41) is 0. The molecule has 0 saturated heterocycles. The lowest BCUT2D eigenvalue weighted by atomic mass is 9.90. The molecule has 1 heterocycles. The van der Waals surface area contributed by atoms with Crippen LogP contribution in [0.4, 0.5) is 0 Å². The Hall–Kier alpha value is -0.850. The molecule has 0 aliphatic heterocycles. The third-order valence-electron chi connectivity index (χ3n) is 3.11. The lowest BCUT2D eigenvalue weighted by molar-refractivity contribution is 0.390. The molecule has 70 valence electrons. The minimum atomic E-state index is 0.424. The number of hydrogen-bond acceptors (Lipinski definition) is 1. The molecule has 0 spiro atoms. The van der Waals surface area contributed by atoms with Crippen molar-refractivity contribution < 1.29 is 0 Å². The van der Waals surface area contributed by atoms with Crippen molar-refractivity contribution in [2.24, 2.45) is 5.41 Å². The number of pyridine rings is 1. The Morgan fingerprint density at radius 1 is 1.23 bits per heavy atom. The lowest BCUT2D eigenvalue weighted by Crippen LogP contribution is -2.09. The molecular formula is C12H17N. The third kappa shape index (κ3) is 1.37. The predicted molar refractivity (Wildman–Crippen MR) is 54.9 cm³/mol. The summed E-state index contributed by atoms with van der Waals surface area (Å²) in [7, 11) is 0. The van der Waals surface area contributed by atoms with Gasteiger partial charge in [0.1, 0.15) is 0 Å². The molecule has 1 aromatic rings. The number of fused-ring (bicyclic) bond motifs is 1. The number of rotatable bonds is 0. The van der Waals surface area contributed by atoms with Gasteiger partial charge in [0.2, 0.25) is 0 Å². The first-order valence-electron chi connectivity index (χ1n) is 4.93. The highest BCUT2D eigenvalue weighted by Gasteiger charge is 2.30. The summed E-state index contributed by atoms with van der Waals surface area (Å²) in [6, 6.07) is 0. The van der Waals surface area contributed by atoms with E-state index in [-0.39, 0.29) is 0 Å². The largest absolute Gasteiger partial charge is 0.261 e. The first-order chi connectivity index (χ1) is 5.99. The molecule has 0 radical (unpaired) electrons. The standard InChI is InChI=1S/C12H17N/c1-8-7-13-11-6-12(3,4)5-10(11)9(8)2/h7H,5-6H2,1-4H3. The Labute approximate surface area is 80.2 Å². The normalized spacial score (nSPS) is 18.8. The Morgan fingerprint density at radius 2 is 1.92 bits per heavy atom. The molecule has 0 unspecified atom stereocenters. The highest BCUT2D eigenvalue weighted by molar-refractivity contribution is 5.39. The minimum absolute atomic E-state index is 0.424. The van der Waals surface area contributed by atoms with Crippen LogP contribution in [0.2, 0.25) is 0 Å². The van der Waals surface area contributed by atoms with Crippen molar-refractivity contribution in [3.05, 3.63) is 28.6 Å². The van der Waals surface area contributed by atoms with E-state index in [9.17, 15) is 0 Å². The molecule has 0 bridgehead atoms. The molecule has 0 aromatic carbocycles. The van der Waals surface area contributed by atoms with Crippen LogP contribution in [0.25, 0.3) is 0 Å². The minimum Gasteiger partial charge on any atom is -0.261 e. The fourth-order valence-electron chi connectivity index (χ4n) is 2.19. The van der Waals surface area contributed by atoms with Gasteiger partial charge in [-0.25, -0.2) is 0 Å². The van der Waals surface area contributed by atoms with Crippen molar-refractivity contribution in [2.45, 2.75) is 40.5 Å². The molecule has 0 atom stereocenters. The van der Waals surface area contributed by atoms with Crippen LogP contribution in [-0.2, 0) is 12.8 Å². The van der Waals surface area contributed by atoms with E-state index < -0.39 is 0 Å². The average molecular weight is 175 g/mol. The van der Waals surface area contributed by atoms with Gasteiger partial charge in [0.25, 0.3) is 0 Å². The van der Waals surface area contributed by atoms with Crippen molar-refractivity contribution >= 4 is 0 Å². The molecule has 0 saturated carbocycles. The fourth-order valence-corrected chi connectivity index (χ4v) is 2.19. The summed E-state index contributed by atoms with van der Waals surface area (Å²) < 4.78 is 0. The van der Waals surface area contributed by atoms with Crippen LogP contribution in [0.15, 0.2) is 6.20 Å². The molecule has 1 nitrogen and oxygen atoms in total. The van der Waals surface area contributed by atoms with Crippen LogP contribution >= 0.6 is 0 Å². The molecule has 1 aliphatic carbocycles. The van der Waals surface area contributed by atoms with Gasteiger partial charge in [-0.2, -0.15) is 0 Å².